The molecule has 1 aliphatic carbocycles. The van der Waals surface area contributed by atoms with Gasteiger partial charge in [0.25, 0.3) is 0 Å². The molecule has 1 aliphatic heterocycles. The van der Waals surface area contributed by atoms with Gasteiger partial charge in [-0.15, -0.1) is 0 Å². The molecule has 2 aliphatic rings. The number of piperazine rings is 1. The third kappa shape index (κ3) is 5.22. The fourth-order valence-corrected chi connectivity index (χ4v) is 4.23. The largest absolute Gasteiger partial charge is 0.312 e. The Morgan fingerprint density at radius 1 is 1.10 bits per heavy atom. The van der Waals surface area contributed by atoms with Crippen molar-refractivity contribution in [2.24, 2.45) is 5.92 Å². The summed E-state index contributed by atoms with van der Waals surface area (Å²) < 4.78 is 0. The van der Waals surface area contributed by atoms with Crippen LogP contribution in [0.4, 0.5) is 0 Å². The predicted octanol–water partition coefficient (Wildman–Crippen LogP) is 2.96. The van der Waals surface area contributed by atoms with E-state index in [0.717, 1.165) is 18.0 Å². The van der Waals surface area contributed by atoms with Gasteiger partial charge in [-0.3, -0.25) is 9.80 Å². The van der Waals surface area contributed by atoms with Crippen molar-refractivity contribution in [1.29, 1.82) is 0 Å². The Hall–Kier alpha value is -0.120. The molecule has 2 fully saturated rings. The van der Waals surface area contributed by atoms with E-state index in [1.54, 1.807) is 0 Å². The summed E-state index contributed by atoms with van der Waals surface area (Å²) in [7, 11) is 0. The summed E-state index contributed by atoms with van der Waals surface area (Å²) in [4.78, 5) is 5.34. The highest BCUT2D eigenvalue weighted by molar-refractivity contribution is 4.86. The monoisotopic (exact) mass is 295 g/mol. The third-order valence-electron chi connectivity index (χ3n) is 5.59. The first-order valence-electron chi connectivity index (χ1n) is 9.44. The predicted molar refractivity (Wildman–Crippen MR) is 91.8 cm³/mol. The number of likely N-dealkylation sites (N-methyl/N-ethyl adjacent to an activating group) is 1. The van der Waals surface area contributed by atoms with Gasteiger partial charge in [0.1, 0.15) is 0 Å². The SMILES string of the molecule is CCCNC(CN1CCN(CC)C(C)C1)C1CCCCC1. The van der Waals surface area contributed by atoms with Gasteiger partial charge in [0.2, 0.25) is 0 Å². The van der Waals surface area contributed by atoms with Crippen molar-refractivity contribution in [2.75, 3.05) is 39.3 Å². The van der Waals surface area contributed by atoms with Gasteiger partial charge in [0.15, 0.2) is 0 Å². The Balaban J connectivity index is 1.85. The molecule has 0 aromatic heterocycles. The molecule has 0 radical (unpaired) electrons. The van der Waals surface area contributed by atoms with Crippen molar-refractivity contribution in [3.8, 4) is 0 Å². The van der Waals surface area contributed by atoms with Crippen LogP contribution >= 0.6 is 0 Å². The summed E-state index contributed by atoms with van der Waals surface area (Å²) in [6, 6.07) is 1.45. The fourth-order valence-electron chi connectivity index (χ4n) is 4.23. The zero-order chi connectivity index (χ0) is 15.1. The normalized spacial score (nSPS) is 27.9. The minimum Gasteiger partial charge on any atom is -0.312 e. The van der Waals surface area contributed by atoms with E-state index < -0.39 is 0 Å². The standard InChI is InChI=1S/C18H37N3/c1-4-11-19-18(17-9-7-6-8-10-17)15-20-12-13-21(5-2)16(3)14-20/h16-19H,4-15H2,1-3H3. The van der Waals surface area contributed by atoms with Gasteiger partial charge in [0, 0.05) is 38.3 Å². The average molecular weight is 296 g/mol. The molecule has 1 saturated carbocycles. The Morgan fingerprint density at radius 2 is 1.86 bits per heavy atom. The van der Waals surface area contributed by atoms with Crippen LogP contribution in [0.15, 0.2) is 0 Å². The van der Waals surface area contributed by atoms with E-state index in [0.29, 0.717) is 0 Å². The summed E-state index contributed by atoms with van der Waals surface area (Å²) in [6.45, 7) is 14.4. The molecule has 3 heteroatoms. The Labute approximate surface area is 132 Å². The molecule has 0 aromatic rings. The maximum absolute atomic E-state index is 3.87. The van der Waals surface area contributed by atoms with Gasteiger partial charge in [-0.2, -0.15) is 0 Å². The van der Waals surface area contributed by atoms with E-state index in [1.807, 2.05) is 0 Å². The summed E-state index contributed by atoms with van der Waals surface area (Å²) in [5, 5.41) is 3.87. The minimum absolute atomic E-state index is 0.724. The number of hydrogen-bond donors (Lipinski definition) is 1. The van der Waals surface area contributed by atoms with E-state index >= 15 is 0 Å². The lowest BCUT2D eigenvalue weighted by atomic mass is 9.83. The first-order chi connectivity index (χ1) is 10.2. The molecule has 124 valence electrons. The maximum Gasteiger partial charge on any atom is 0.0223 e. The maximum atomic E-state index is 3.87. The van der Waals surface area contributed by atoms with E-state index in [-0.39, 0.29) is 0 Å². The Morgan fingerprint density at radius 3 is 2.48 bits per heavy atom. The third-order valence-corrected chi connectivity index (χ3v) is 5.59. The van der Waals surface area contributed by atoms with Crippen molar-refractivity contribution >= 4 is 0 Å². The first kappa shape index (κ1) is 17.2. The highest BCUT2D eigenvalue weighted by atomic mass is 15.3. The molecule has 0 aromatic carbocycles. The van der Waals surface area contributed by atoms with E-state index in [2.05, 4.69) is 35.9 Å². The van der Waals surface area contributed by atoms with Crippen LogP contribution in [-0.2, 0) is 0 Å². The van der Waals surface area contributed by atoms with Crippen molar-refractivity contribution in [2.45, 2.75) is 71.4 Å². The molecular weight excluding hydrogens is 258 g/mol. The summed E-state index contributed by atoms with van der Waals surface area (Å²) in [5.41, 5.74) is 0. The lowest BCUT2D eigenvalue weighted by Crippen LogP contribution is -2.55. The molecule has 1 saturated heterocycles. The molecule has 0 amide bonds. The van der Waals surface area contributed by atoms with Crippen LogP contribution in [0.1, 0.15) is 59.3 Å². The number of hydrogen-bond acceptors (Lipinski definition) is 3. The van der Waals surface area contributed by atoms with E-state index in [4.69, 9.17) is 0 Å². The van der Waals surface area contributed by atoms with Crippen LogP contribution in [0.3, 0.4) is 0 Å². The second-order valence-electron chi connectivity index (χ2n) is 7.20. The zero-order valence-electron chi connectivity index (χ0n) is 14.6. The molecule has 3 nitrogen and oxygen atoms in total. The Kier molecular flexibility index (Phi) is 7.48. The fraction of sp³-hybridized carbons (Fsp3) is 1.00. The van der Waals surface area contributed by atoms with Crippen LogP contribution in [0.2, 0.25) is 0 Å². The number of nitrogens with one attached hydrogen (secondary N) is 1. The molecule has 2 unspecified atom stereocenters. The zero-order valence-corrected chi connectivity index (χ0v) is 14.6. The van der Waals surface area contributed by atoms with Crippen molar-refractivity contribution < 1.29 is 0 Å². The van der Waals surface area contributed by atoms with Gasteiger partial charge in [-0.25, -0.2) is 0 Å². The summed E-state index contributed by atoms with van der Waals surface area (Å²) in [5.74, 6) is 0.921. The summed E-state index contributed by atoms with van der Waals surface area (Å²) in [6.07, 6.45) is 8.52. The summed E-state index contributed by atoms with van der Waals surface area (Å²) >= 11 is 0. The van der Waals surface area contributed by atoms with E-state index in [9.17, 15) is 0 Å². The van der Waals surface area contributed by atoms with Gasteiger partial charge in [-0.05, 0) is 45.2 Å². The van der Waals surface area contributed by atoms with Gasteiger partial charge < -0.3 is 5.32 Å². The number of rotatable bonds is 7. The molecule has 2 rings (SSSR count). The Bertz CT molecular complexity index is 276. The quantitative estimate of drug-likeness (QED) is 0.779. The molecule has 0 bridgehead atoms. The van der Waals surface area contributed by atoms with Crippen LogP contribution in [0.5, 0.6) is 0 Å². The highest BCUT2D eigenvalue weighted by Gasteiger charge is 2.28. The topological polar surface area (TPSA) is 18.5 Å². The second kappa shape index (κ2) is 9.12. The van der Waals surface area contributed by atoms with Crippen molar-refractivity contribution in [1.82, 2.24) is 15.1 Å². The molecular formula is C18H37N3. The van der Waals surface area contributed by atoms with Crippen LogP contribution < -0.4 is 5.32 Å². The lowest BCUT2D eigenvalue weighted by Gasteiger charge is -2.42. The molecule has 0 spiro atoms. The molecule has 2 atom stereocenters. The smallest absolute Gasteiger partial charge is 0.0223 e. The van der Waals surface area contributed by atoms with Gasteiger partial charge >= 0.3 is 0 Å². The molecule has 1 heterocycles. The highest BCUT2D eigenvalue weighted by Crippen LogP contribution is 2.27. The van der Waals surface area contributed by atoms with E-state index in [1.165, 1.54) is 77.8 Å². The minimum atomic E-state index is 0.724. The first-order valence-corrected chi connectivity index (χ1v) is 9.44. The van der Waals surface area contributed by atoms with Crippen molar-refractivity contribution in [3.63, 3.8) is 0 Å². The van der Waals surface area contributed by atoms with Crippen LogP contribution in [0.25, 0.3) is 0 Å². The van der Waals surface area contributed by atoms with Gasteiger partial charge in [0.05, 0.1) is 0 Å². The number of nitrogens with zero attached hydrogens (tertiary/aromatic N) is 2. The average Bonchev–Trinajstić information content (AvgIpc) is 2.52. The second-order valence-corrected chi connectivity index (χ2v) is 7.20. The van der Waals surface area contributed by atoms with Crippen LogP contribution in [0, 0.1) is 5.92 Å². The lowest BCUT2D eigenvalue weighted by molar-refractivity contribution is 0.0721. The van der Waals surface area contributed by atoms with Crippen molar-refractivity contribution in [3.05, 3.63) is 0 Å². The van der Waals surface area contributed by atoms with Crippen LogP contribution in [-0.4, -0.2) is 61.2 Å². The molecule has 21 heavy (non-hydrogen) atoms. The molecule has 1 N–H and O–H groups in total. The van der Waals surface area contributed by atoms with Gasteiger partial charge in [-0.1, -0.05) is 33.1 Å².